The van der Waals surface area contributed by atoms with Gasteiger partial charge in [-0.25, -0.2) is 13.6 Å². The zero-order valence-electron chi connectivity index (χ0n) is 17.7. The summed E-state index contributed by atoms with van der Waals surface area (Å²) in [5, 5.41) is 20.4. The second kappa shape index (κ2) is 9.13. The van der Waals surface area contributed by atoms with E-state index in [2.05, 4.69) is 15.0 Å². The van der Waals surface area contributed by atoms with Crippen LogP contribution in [0.4, 0.5) is 11.4 Å². The van der Waals surface area contributed by atoms with Crippen molar-refractivity contribution in [3.05, 3.63) is 58.5 Å². The molecule has 174 valence electrons. The number of aromatic nitrogens is 2. The van der Waals surface area contributed by atoms with Crippen LogP contribution in [-0.4, -0.2) is 61.7 Å². The van der Waals surface area contributed by atoms with Crippen LogP contribution < -0.4 is 14.8 Å². The number of methoxy groups -OCH3 is 1. The Bertz CT molecular complexity index is 1250. The summed E-state index contributed by atoms with van der Waals surface area (Å²) < 4.78 is 34.6. The predicted octanol–water partition coefficient (Wildman–Crippen LogP) is 1.62. The number of nitro groups is 1. The third kappa shape index (κ3) is 5.10. The Morgan fingerprint density at radius 2 is 1.85 bits per heavy atom. The van der Waals surface area contributed by atoms with Crippen molar-refractivity contribution in [3.8, 4) is 17.1 Å². The summed E-state index contributed by atoms with van der Waals surface area (Å²) in [5.74, 6) is 1.68. The third-order valence-electron chi connectivity index (χ3n) is 5.35. The molecule has 1 aromatic heterocycles. The maximum atomic E-state index is 12.0. The summed E-state index contributed by atoms with van der Waals surface area (Å²) in [5.41, 5.74) is 0.831. The average Bonchev–Trinajstić information content (AvgIpc) is 3.27. The Morgan fingerprint density at radius 3 is 2.45 bits per heavy atom. The number of sulfonamides is 1. The lowest BCUT2D eigenvalue weighted by atomic mass is 10.2. The molecule has 2 heterocycles. The molecule has 1 aliphatic heterocycles. The molecule has 0 spiro atoms. The molecule has 13 heteroatoms. The van der Waals surface area contributed by atoms with Gasteiger partial charge in [0.05, 0.1) is 24.3 Å². The number of benzene rings is 2. The number of hydrogen-bond donors (Lipinski definition) is 1. The molecule has 0 aliphatic carbocycles. The molecule has 0 atom stereocenters. The normalized spacial score (nSPS) is 14.9. The second-order valence-corrected chi connectivity index (χ2v) is 8.99. The second-order valence-electron chi connectivity index (χ2n) is 7.46. The SMILES string of the molecule is COc1ccc(-c2noc(CN3CCN(c4ccc([N+](=O)[O-])cc4S(N)(=O)=O)CC3)n2)cc1. The predicted molar refractivity (Wildman–Crippen MR) is 118 cm³/mol. The summed E-state index contributed by atoms with van der Waals surface area (Å²) in [6, 6.07) is 11.0. The first kappa shape index (κ1) is 22.6. The number of non-ortho nitro benzene ring substituents is 1. The van der Waals surface area contributed by atoms with Gasteiger partial charge in [-0.2, -0.15) is 4.98 Å². The minimum atomic E-state index is -4.13. The quantitative estimate of drug-likeness (QED) is 0.394. The monoisotopic (exact) mass is 474 g/mol. The molecular weight excluding hydrogens is 452 g/mol. The molecule has 0 radical (unpaired) electrons. The minimum absolute atomic E-state index is 0.258. The first-order chi connectivity index (χ1) is 15.7. The number of hydrogen-bond acceptors (Lipinski definition) is 10. The van der Waals surface area contributed by atoms with Crippen molar-refractivity contribution in [2.75, 3.05) is 38.2 Å². The van der Waals surface area contributed by atoms with Crippen LogP contribution in [0.25, 0.3) is 11.4 Å². The van der Waals surface area contributed by atoms with Crippen LogP contribution in [0.5, 0.6) is 5.75 Å². The number of rotatable bonds is 7. The molecule has 4 rings (SSSR count). The fourth-order valence-electron chi connectivity index (χ4n) is 3.62. The van der Waals surface area contributed by atoms with Crippen LogP contribution in [0, 0.1) is 10.1 Å². The third-order valence-corrected chi connectivity index (χ3v) is 6.29. The summed E-state index contributed by atoms with van der Waals surface area (Å²) >= 11 is 0. The maximum Gasteiger partial charge on any atom is 0.270 e. The van der Waals surface area contributed by atoms with Gasteiger partial charge in [0.25, 0.3) is 5.69 Å². The van der Waals surface area contributed by atoms with E-state index in [0.29, 0.717) is 50.1 Å². The van der Waals surface area contributed by atoms with E-state index in [-0.39, 0.29) is 10.6 Å². The van der Waals surface area contributed by atoms with Crippen molar-refractivity contribution < 1.29 is 22.6 Å². The molecule has 0 saturated carbocycles. The van der Waals surface area contributed by atoms with Crippen molar-refractivity contribution in [2.24, 2.45) is 5.14 Å². The smallest absolute Gasteiger partial charge is 0.270 e. The number of ether oxygens (including phenoxy) is 1. The van der Waals surface area contributed by atoms with Gasteiger partial charge >= 0.3 is 0 Å². The van der Waals surface area contributed by atoms with Crippen LogP contribution in [0.1, 0.15) is 5.89 Å². The highest BCUT2D eigenvalue weighted by atomic mass is 32.2. The summed E-state index contributed by atoms with van der Waals surface area (Å²) in [6.45, 7) is 2.64. The van der Waals surface area contributed by atoms with Gasteiger partial charge in [-0.1, -0.05) is 5.16 Å². The fourth-order valence-corrected chi connectivity index (χ4v) is 4.39. The summed E-state index contributed by atoms with van der Waals surface area (Å²) in [6.07, 6.45) is 0. The van der Waals surface area contributed by atoms with E-state index in [4.69, 9.17) is 14.4 Å². The van der Waals surface area contributed by atoms with E-state index in [1.807, 2.05) is 29.2 Å². The molecule has 1 fully saturated rings. The van der Waals surface area contributed by atoms with Gasteiger partial charge in [-0.05, 0) is 30.3 Å². The molecule has 0 bridgehead atoms. The average molecular weight is 474 g/mol. The molecule has 33 heavy (non-hydrogen) atoms. The van der Waals surface area contributed by atoms with E-state index in [1.54, 1.807) is 7.11 Å². The highest BCUT2D eigenvalue weighted by Gasteiger charge is 2.26. The van der Waals surface area contributed by atoms with Crippen molar-refractivity contribution in [3.63, 3.8) is 0 Å². The van der Waals surface area contributed by atoms with Gasteiger partial charge in [-0.15, -0.1) is 0 Å². The van der Waals surface area contributed by atoms with E-state index < -0.39 is 14.9 Å². The number of piperazine rings is 1. The minimum Gasteiger partial charge on any atom is -0.497 e. The van der Waals surface area contributed by atoms with E-state index in [9.17, 15) is 18.5 Å². The van der Waals surface area contributed by atoms with Crippen molar-refractivity contribution in [2.45, 2.75) is 11.4 Å². The van der Waals surface area contributed by atoms with E-state index >= 15 is 0 Å². The molecule has 1 aliphatic rings. The molecule has 3 aromatic rings. The van der Waals surface area contributed by atoms with Gasteiger partial charge in [-0.3, -0.25) is 15.0 Å². The standard InChI is InChI=1S/C20H22N6O6S/c1-31-16-5-2-14(3-6-16)20-22-19(32-23-20)13-24-8-10-25(11-9-24)17-7-4-15(26(27)28)12-18(17)33(21,29)30/h2-7,12H,8-11,13H2,1H3,(H2,21,29,30). The van der Waals surface area contributed by atoms with Crippen molar-refractivity contribution >= 4 is 21.4 Å². The fraction of sp³-hybridized carbons (Fsp3) is 0.300. The van der Waals surface area contributed by atoms with E-state index in [1.165, 1.54) is 12.1 Å². The Balaban J connectivity index is 1.42. The van der Waals surface area contributed by atoms with Crippen LogP contribution in [0.2, 0.25) is 0 Å². The van der Waals surface area contributed by atoms with Crippen LogP contribution in [0.3, 0.4) is 0 Å². The van der Waals surface area contributed by atoms with Crippen LogP contribution in [0.15, 0.2) is 51.9 Å². The molecule has 12 nitrogen and oxygen atoms in total. The Hall–Kier alpha value is -3.55. The Labute approximate surface area is 189 Å². The van der Waals surface area contributed by atoms with E-state index in [0.717, 1.165) is 17.4 Å². The Morgan fingerprint density at radius 1 is 1.15 bits per heavy atom. The summed E-state index contributed by atoms with van der Waals surface area (Å²) in [7, 11) is -2.53. The zero-order chi connectivity index (χ0) is 23.6. The van der Waals surface area contributed by atoms with Crippen LogP contribution in [-0.2, 0) is 16.6 Å². The highest BCUT2D eigenvalue weighted by Crippen LogP contribution is 2.29. The highest BCUT2D eigenvalue weighted by molar-refractivity contribution is 7.89. The van der Waals surface area contributed by atoms with Gasteiger partial charge < -0.3 is 14.2 Å². The van der Waals surface area contributed by atoms with Gasteiger partial charge in [0.2, 0.25) is 21.7 Å². The Kier molecular flexibility index (Phi) is 6.26. The lowest BCUT2D eigenvalue weighted by molar-refractivity contribution is -0.385. The van der Waals surface area contributed by atoms with Crippen LogP contribution >= 0.6 is 0 Å². The topological polar surface area (TPSA) is 158 Å². The lowest BCUT2D eigenvalue weighted by Crippen LogP contribution is -2.46. The number of primary sulfonamides is 1. The number of nitrogens with zero attached hydrogens (tertiary/aromatic N) is 5. The summed E-state index contributed by atoms with van der Waals surface area (Å²) in [4.78, 5) is 18.5. The number of nitro benzene ring substituents is 1. The van der Waals surface area contributed by atoms with Crippen molar-refractivity contribution in [1.29, 1.82) is 0 Å². The largest absolute Gasteiger partial charge is 0.497 e. The van der Waals surface area contributed by atoms with Gasteiger partial charge in [0.1, 0.15) is 10.6 Å². The number of anilines is 1. The number of nitrogens with two attached hydrogens (primary N) is 1. The first-order valence-corrected chi connectivity index (χ1v) is 11.5. The zero-order valence-corrected chi connectivity index (χ0v) is 18.6. The molecular formula is C20H22N6O6S. The van der Waals surface area contributed by atoms with Gasteiger partial charge in [0, 0.05) is 43.9 Å². The maximum absolute atomic E-state index is 12.0. The molecule has 0 amide bonds. The first-order valence-electron chi connectivity index (χ1n) is 10.00. The van der Waals surface area contributed by atoms with Crippen molar-refractivity contribution in [1.82, 2.24) is 15.0 Å². The molecule has 2 aromatic carbocycles. The molecule has 2 N–H and O–H groups in total. The lowest BCUT2D eigenvalue weighted by Gasteiger charge is -2.36. The molecule has 0 unspecified atom stereocenters. The molecule has 1 saturated heterocycles. The van der Waals surface area contributed by atoms with Gasteiger partial charge in [0.15, 0.2) is 0 Å².